The largest absolute Gasteiger partial charge is 0.495 e. The van der Waals surface area contributed by atoms with Crippen LogP contribution in [-0.4, -0.2) is 12.2 Å². The summed E-state index contributed by atoms with van der Waals surface area (Å²) in [7, 11) is 1.58. The molecule has 2 atom stereocenters. The fraction of sp³-hybridized carbons (Fsp3) is 0.250. The zero-order chi connectivity index (χ0) is 15.0. The number of hydrogen-bond donors (Lipinski definition) is 1. The second-order valence-electron chi connectivity index (χ2n) is 4.93. The molecule has 0 aromatic heterocycles. The molecule has 3 nitrogen and oxygen atoms in total. The van der Waals surface area contributed by atoms with Gasteiger partial charge in [0.15, 0.2) is 0 Å². The molecule has 0 aliphatic carbocycles. The fourth-order valence-corrected chi connectivity index (χ4v) is 3.11. The lowest BCUT2D eigenvalue weighted by atomic mass is 9.95. The molecule has 2 aromatic carbocycles. The first-order valence-electron chi connectivity index (χ1n) is 6.56. The summed E-state index contributed by atoms with van der Waals surface area (Å²) in [5, 5.41) is 10.8. The van der Waals surface area contributed by atoms with E-state index in [-0.39, 0.29) is 6.10 Å². The molecule has 0 saturated heterocycles. The van der Waals surface area contributed by atoms with Gasteiger partial charge in [-0.15, -0.1) is 0 Å². The zero-order valence-electron chi connectivity index (χ0n) is 11.3. The van der Waals surface area contributed by atoms with E-state index in [4.69, 9.17) is 21.1 Å². The Morgan fingerprint density at radius 3 is 2.81 bits per heavy atom. The highest BCUT2D eigenvalue weighted by molar-refractivity contribution is 9.10. The summed E-state index contributed by atoms with van der Waals surface area (Å²) >= 11 is 9.58. The lowest BCUT2D eigenvalue weighted by molar-refractivity contribution is 0.0656. The van der Waals surface area contributed by atoms with Gasteiger partial charge in [0.2, 0.25) is 0 Å². The number of fused-ring (bicyclic) bond motifs is 1. The van der Waals surface area contributed by atoms with E-state index in [0.717, 1.165) is 15.6 Å². The van der Waals surface area contributed by atoms with E-state index in [9.17, 15) is 5.11 Å². The maximum absolute atomic E-state index is 10.3. The lowest BCUT2D eigenvalue weighted by Gasteiger charge is -2.30. The molecule has 0 saturated carbocycles. The minimum atomic E-state index is -0.548. The first-order chi connectivity index (χ1) is 10.1. The molecule has 21 heavy (non-hydrogen) atoms. The highest BCUT2D eigenvalue weighted by Gasteiger charge is 2.28. The number of methoxy groups -OCH3 is 1. The van der Waals surface area contributed by atoms with Gasteiger partial charge in [0.25, 0.3) is 0 Å². The quantitative estimate of drug-likeness (QED) is 0.836. The highest BCUT2D eigenvalue weighted by atomic mass is 79.9. The molecule has 2 unspecified atom stereocenters. The first kappa shape index (κ1) is 14.7. The third kappa shape index (κ3) is 2.89. The molecular weight excluding hydrogens is 356 g/mol. The van der Waals surface area contributed by atoms with Crippen molar-refractivity contribution in [1.82, 2.24) is 0 Å². The average molecular weight is 370 g/mol. The van der Waals surface area contributed by atoms with Gasteiger partial charge in [-0.2, -0.15) is 0 Å². The van der Waals surface area contributed by atoms with Crippen molar-refractivity contribution < 1.29 is 14.6 Å². The predicted octanol–water partition coefficient (Wildman–Crippen LogP) is 4.67. The Kier molecular flexibility index (Phi) is 4.11. The summed E-state index contributed by atoms with van der Waals surface area (Å²) in [6.07, 6.45) is -0.282. The van der Waals surface area contributed by atoms with Crippen LogP contribution >= 0.6 is 27.5 Å². The molecule has 3 rings (SSSR count). The summed E-state index contributed by atoms with van der Waals surface area (Å²) in [4.78, 5) is 0. The van der Waals surface area contributed by atoms with Gasteiger partial charge < -0.3 is 14.6 Å². The van der Waals surface area contributed by atoms with Crippen molar-refractivity contribution in [1.29, 1.82) is 0 Å². The van der Waals surface area contributed by atoms with Gasteiger partial charge in [0.1, 0.15) is 17.6 Å². The van der Waals surface area contributed by atoms with Crippen LogP contribution < -0.4 is 9.47 Å². The van der Waals surface area contributed by atoms with Gasteiger partial charge >= 0.3 is 0 Å². The van der Waals surface area contributed by atoms with Crippen LogP contribution in [0.2, 0.25) is 5.02 Å². The van der Waals surface area contributed by atoms with E-state index in [0.29, 0.717) is 22.9 Å². The van der Waals surface area contributed by atoms with E-state index in [1.54, 1.807) is 7.11 Å². The Labute approximate surface area is 136 Å². The Morgan fingerprint density at radius 1 is 1.29 bits per heavy atom. The van der Waals surface area contributed by atoms with Crippen molar-refractivity contribution in [3.05, 3.63) is 57.0 Å². The van der Waals surface area contributed by atoms with Crippen LogP contribution in [0, 0.1) is 0 Å². The van der Waals surface area contributed by atoms with Crippen molar-refractivity contribution in [2.24, 2.45) is 0 Å². The molecule has 0 bridgehead atoms. The molecule has 1 aliphatic rings. The first-order valence-corrected chi connectivity index (χ1v) is 7.73. The van der Waals surface area contributed by atoms with E-state index in [1.807, 2.05) is 36.4 Å². The van der Waals surface area contributed by atoms with E-state index < -0.39 is 6.10 Å². The molecule has 0 radical (unpaired) electrons. The second kappa shape index (κ2) is 5.87. The maximum Gasteiger partial charge on any atom is 0.137 e. The van der Waals surface area contributed by atoms with Crippen molar-refractivity contribution in [3.8, 4) is 11.5 Å². The predicted molar refractivity (Wildman–Crippen MR) is 85.1 cm³/mol. The third-order valence-electron chi connectivity index (χ3n) is 3.59. The molecule has 0 fully saturated rings. The fourth-order valence-electron chi connectivity index (χ4n) is 2.50. The lowest BCUT2D eigenvalue weighted by Crippen LogP contribution is -2.19. The molecule has 0 amide bonds. The molecule has 1 heterocycles. The van der Waals surface area contributed by atoms with Crippen LogP contribution in [0.3, 0.4) is 0 Å². The van der Waals surface area contributed by atoms with Crippen LogP contribution in [0.25, 0.3) is 0 Å². The molecular formula is C16H14BrClO3. The van der Waals surface area contributed by atoms with Crippen molar-refractivity contribution in [3.63, 3.8) is 0 Å². The number of benzene rings is 2. The minimum absolute atomic E-state index is 0.231. The standard InChI is InChI=1S/C16H14BrClO3/c1-20-14-5-2-9(6-12(14)18)15-8-13(19)11-4-3-10(17)7-16(11)21-15/h2-7,13,15,19H,8H2,1H3. The Bertz CT molecular complexity index is 675. The van der Waals surface area contributed by atoms with Crippen molar-refractivity contribution in [2.75, 3.05) is 7.11 Å². The van der Waals surface area contributed by atoms with Crippen LogP contribution in [0.4, 0.5) is 0 Å². The van der Waals surface area contributed by atoms with Crippen molar-refractivity contribution >= 4 is 27.5 Å². The summed E-state index contributed by atoms with van der Waals surface area (Å²) < 4.78 is 12.1. The summed E-state index contributed by atoms with van der Waals surface area (Å²) in [5.74, 6) is 1.32. The van der Waals surface area contributed by atoms with E-state index in [2.05, 4.69) is 15.9 Å². The SMILES string of the molecule is COc1ccc(C2CC(O)c3ccc(Br)cc3O2)cc1Cl. The normalized spacial score (nSPS) is 20.6. The number of ether oxygens (including phenoxy) is 2. The number of aliphatic hydroxyl groups excluding tert-OH is 1. The molecule has 5 heteroatoms. The van der Waals surface area contributed by atoms with Gasteiger partial charge in [-0.1, -0.05) is 39.7 Å². The third-order valence-corrected chi connectivity index (χ3v) is 4.38. The Balaban J connectivity index is 1.93. The maximum atomic E-state index is 10.3. The summed E-state index contributed by atoms with van der Waals surface area (Å²) in [5.41, 5.74) is 1.74. The van der Waals surface area contributed by atoms with Gasteiger partial charge in [-0.3, -0.25) is 0 Å². The second-order valence-corrected chi connectivity index (χ2v) is 6.26. The highest BCUT2D eigenvalue weighted by Crippen LogP contribution is 2.42. The number of halogens is 2. The molecule has 110 valence electrons. The van der Waals surface area contributed by atoms with E-state index in [1.165, 1.54) is 0 Å². The van der Waals surface area contributed by atoms with E-state index >= 15 is 0 Å². The smallest absolute Gasteiger partial charge is 0.137 e. The summed E-state index contributed by atoms with van der Waals surface area (Å²) in [6, 6.07) is 11.2. The Hall–Kier alpha value is -1.23. The van der Waals surface area contributed by atoms with Crippen LogP contribution in [0.5, 0.6) is 11.5 Å². The topological polar surface area (TPSA) is 38.7 Å². The molecule has 2 aromatic rings. The van der Waals surface area contributed by atoms with Gasteiger partial charge in [-0.25, -0.2) is 0 Å². The van der Waals surface area contributed by atoms with Crippen LogP contribution in [0.15, 0.2) is 40.9 Å². The summed E-state index contributed by atoms with van der Waals surface area (Å²) in [6.45, 7) is 0. The van der Waals surface area contributed by atoms with Gasteiger partial charge in [-0.05, 0) is 29.8 Å². The zero-order valence-corrected chi connectivity index (χ0v) is 13.7. The molecule has 0 spiro atoms. The van der Waals surface area contributed by atoms with Gasteiger partial charge in [0.05, 0.1) is 18.2 Å². The number of rotatable bonds is 2. The molecule has 1 aliphatic heterocycles. The van der Waals surface area contributed by atoms with Crippen LogP contribution in [0.1, 0.15) is 29.8 Å². The number of hydrogen-bond acceptors (Lipinski definition) is 3. The van der Waals surface area contributed by atoms with Gasteiger partial charge in [0, 0.05) is 16.5 Å². The molecule has 1 N–H and O–H groups in total. The monoisotopic (exact) mass is 368 g/mol. The number of aliphatic hydroxyl groups is 1. The average Bonchev–Trinajstić information content (AvgIpc) is 2.46. The van der Waals surface area contributed by atoms with Crippen molar-refractivity contribution in [2.45, 2.75) is 18.6 Å². The van der Waals surface area contributed by atoms with Crippen LogP contribution in [-0.2, 0) is 0 Å². The Morgan fingerprint density at radius 2 is 2.10 bits per heavy atom. The minimum Gasteiger partial charge on any atom is -0.495 e.